The maximum Gasteiger partial charge on any atom is 1.00 e. The van der Waals surface area contributed by atoms with E-state index in [0.29, 0.717) is 24.0 Å². The van der Waals surface area contributed by atoms with E-state index in [1.54, 1.807) is 0 Å². The van der Waals surface area contributed by atoms with Crippen LogP contribution in [0.15, 0.2) is 11.6 Å². The number of allylic oxidation sites excluding steroid dienone is 1. The van der Waals surface area contributed by atoms with Crippen molar-refractivity contribution < 1.29 is 53.8 Å². The van der Waals surface area contributed by atoms with Crippen molar-refractivity contribution in [2.24, 2.45) is 46.3 Å². The number of ketones is 1. The van der Waals surface area contributed by atoms with Crippen LogP contribution in [0.2, 0.25) is 0 Å². The monoisotopic (exact) mass is 522 g/mol. The van der Waals surface area contributed by atoms with Crippen molar-refractivity contribution in [2.45, 2.75) is 118 Å². The van der Waals surface area contributed by atoms with Gasteiger partial charge in [-0.15, -0.1) is 0 Å². The molecule has 6 heteroatoms. The Morgan fingerprint density at radius 3 is 2.43 bits per heavy atom. The normalized spacial score (nSPS) is 37.5. The molecule has 3 saturated carbocycles. The summed E-state index contributed by atoms with van der Waals surface area (Å²) in [7, 11) is 0. The first-order chi connectivity index (χ1) is 17.0. The van der Waals surface area contributed by atoms with Crippen LogP contribution in [0.5, 0.6) is 0 Å². The molecule has 4 aliphatic carbocycles. The second-order valence-electron chi connectivity index (χ2n) is 13.5. The van der Waals surface area contributed by atoms with Gasteiger partial charge in [-0.05, 0) is 91.4 Å². The van der Waals surface area contributed by atoms with E-state index in [1.807, 2.05) is 6.08 Å². The standard InChI is InChI=1S/C31H48O5.Na/c1-19(2)7-6-8-20(3)23-9-10-24-29-25(14-16-31(23,24)5)30(4)15-13-22(17-21(30)18-26(29)32)36-28(35)12-11-27(33)34;/h18-20,22-25,29H,6-17H2,1-5H3,(H,33,34);/q;+1/p-1/t20-,22?,23-,24?,25?,29?,30+,31-;/m1./s1. The molecule has 0 aromatic carbocycles. The minimum Gasteiger partial charge on any atom is -0.550 e. The van der Waals surface area contributed by atoms with Crippen molar-refractivity contribution in [2.75, 3.05) is 0 Å². The maximum atomic E-state index is 13.7. The molecule has 8 atom stereocenters. The number of carbonyl (C=O) groups excluding carboxylic acids is 3. The van der Waals surface area contributed by atoms with Gasteiger partial charge in [-0.3, -0.25) is 9.59 Å². The van der Waals surface area contributed by atoms with E-state index in [1.165, 1.54) is 38.5 Å². The summed E-state index contributed by atoms with van der Waals surface area (Å²) in [4.78, 5) is 36.4. The third-order valence-electron chi connectivity index (χ3n) is 10.9. The third-order valence-corrected chi connectivity index (χ3v) is 10.9. The molecule has 0 spiro atoms. The Morgan fingerprint density at radius 2 is 1.76 bits per heavy atom. The fourth-order valence-electron chi connectivity index (χ4n) is 8.94. The number of carboxylic acids is 1. The quantitative estimate of drug-likeness (QED) is 0.343. The summed E-state index contributed by atoms with van der Waals surface area (Å²) in [5.41, 5.74) is 1.41. The van der Waals surface area contributed by atoms with Crippen LogP contribution in [0.1, 0.15) is 112 Å². The predicted octanol–water partition coefficient (Wildman–Crippen LogP) is 2.65. The second-order valence-corrected chi connectivity index (χ2v) is 13.5. The summed E-state index contributed by atoms with van der Waals surface area (Å²) in [6, 6.07) is 0. The maximum absolute atomic E-state index is 13.7. The van der Waals surface area contributed by atoms with Crippen LogP contribution in [-0.4, -0.2) is 23.8 Å². The van der Waals surface area contributed by atoms with Crippen molar-refractivity contribution >= 4 is 17.7 Å². The molecule has 0 aliphatic heterocycles. The number of carbonyl (C=O) groups is 3. The third kappa shape index (κ3) is 6.24. The summed E-state index contributed by atoms with van der Waals surface area (Å²) in [6.07, 6.45) is 12.2. The Hall–Kier alpha value is -0.650. The molecule has 37 heavy (non-hydrogen) atoms. The molecular formula is C31H47NaO5. The number of esters is 1. The van der Waals surface area contributed by atoms with Gasteiger partial charge in [0.15, 0.2) is 5.78 Å². The second kappa shape index (κ2) is 12.3. The number of hydrogen-bond donors (Lipinski definition) is 0. The van der Waals surface area contributed by atoms with Crippen molar-refractivity contribution in [3.05, 3.63) is 11.6 Å². The van der Waals surface area contributed by atoms with Crippen LogP contribution in [0.3, 0.4) is 0 Å². The first-order valence-corrected chi connectivity index (χ1v) is 14.6. The SMILES string of the molecule is CC(C)CCC[C@@H](C)[C@H]1CCC2C3C(=O)C=C4CC(OC(=O)CCC(=O)[O-])CC[C@]4(C)C3CC[C@@]21C.[Na+]. The molecule has 0 amide bonds. The zero-order valence-corrected chi connectivity index (χ0v) is 26.1. The van der Waals surface area contributed by atoms with E-state index in [0.717, 1.165) is 42.6 Å². The fraction of sp³-hybridized carbons (Fsp3) is 0.839. The molecule has 202 valence electrons. The van der Waals surface area contributed by atoms with Crippen LogP contribution >= 0.6 is 0 Å². The molecule has 0 bridgehead atoms. The number of aliphatic carboxylic acids is 1. The average molecular weight is 523 g/mol. The average Bonchev–Trinajstić information content (AvgIpc) is 3.15. The van der Waals surface area contributed by atoms with E-state index in [-0.39, 0.29) is 65.3 Å². The topological polar surface area (TPSA) is 83.5 Å². The Balaban J connectivity index is 0.00000380. The molecular weight excluding hydrogens is 475 g/mol. The van der Waals surface area contributed by atoms with Gasteiger partial charge in [-0.2, -0.15) is 0 Å². The molecule has 4 unspecified atom stereocenters. The number of fused-ring (bicyclic) bond motifs is 5. The fourth-order valence-corrected chi connectivity index (χ4v) is 8.94. The van der Waals surface area contributed by atoms with Crippen molar-refractivity contribution in [1.29, 1.82) is 0 Å². The smallest absolute Gasteiger partial charge is 0.550 e. The zero-order valence-electron chi connectivity index (χ0n) is 24.1. The summed E-state index contributed by atoms with van der Waals surface area (Å²) in [5.74, 6) is 1.79. The summed E-state index contributed by atoms with van der Waals surface area (Å²) in [6.45, 7) is 11.9. The van der Waals surface area contributed by atoms with Gasteiger partial charge >= 0.3 is 35.5 Å². The number of rotatable bonds is 9. The molecule has 3 fully saturated rings. The van der Waals surface area contributed by atoms with Gasteiger partial charge in [0, 0.05) is 18.3 Å². The van der Waals surface area contributed by atoms with Crippen LogP contribution in [0, 0.1) is 46.3 Å². The van der Waals surface area contributed by atoms with E-state index < -0.39 is 11.9 Å². The van der Waals surface area contributed by atoms with Crippen LogP contribution in [-0.2, 0) is 19.1 Å². The molecule has 5 nitrogen and oxygen atoms in total. The molecule has 0 radical (unpaired) electrons. The van der Waals surface area contributed by atoms with Gasteiger partial charge in [0.05, 0.1) is 6.42 Å². The zero-order chi connectivity index (χ0) is 26.3. The Bertz CT molecular complexity index is 896. The minimum atomic E-state index is -1.24. The number of hydrogen-bond acceptors (Lipinski definition) is 5. The molecule has 0 aromatic heterocycles. The van der Waals surface area contributed by atoms with E-state index in [4.69, 9.17) is 4.74 Å². The van der Waals surface area contributed by atoms with Crippen LogP contribution in [0.25, 0.3) is 0 Å². The predicted molar refractivity (Wildman–Crippen MR) is 138 cm³/mol. The van der Waals surface area contributed by atoms with Gasteiger partial charge in [-0.25, -0.2) is 0 Å². The van der Waals surface area contributed by atoms with E-state index >= 15 is 0 Å². The molecule has 4 aliphatic rings. The van der Waals surface area contributed by atoms with Gasteiger partial charge in [0.25, 0.3) is 0 Å². The Labute approximate surface area is 246 Å². The molecule has 0 N–H and O–H groups in total. The van der Waals surface area contributed by atoms with Gasteiger partial charge in [0.1, 0.15) is 6.10 Å². The molecule has 0 heterocycles. The molecule has 0 aromatic rings. The van der Waals surface area contributed by atoms with Gasteiger partial charge in [0.2, 0.25) is 0 Å². The number of carboxylic acid groups (broad SMARTS) is 1. The molecule has 0 saturated heterocycles. The summed E-state index contributed by atoms with van der Waals surface area (Å²) >= 11 is 0. The van der Waals surface area contributed by atoms with Crippen LogP contribution in [0.4, 0.5) is 0 Å². The van der Waals surface area contributed by atoms with Crippen LogP contribution < -0.4 is 34.7 Å². The Kier molecular flexibility index (Phi) is 10.2. The van der Waals surface area contributed by atoms with E-state index in [9.17, 15) is 19.5 Å². The first kappa shape index (κ1) is 30.9. The van der Waals surface area contributed by atoms with Crippen molar-refractivity contribution in [3.63, 3.8) is 0 Å². The number of ether oxygens (including phenoxy) is 1. The molecule has 4 rings (SSSR count). The van der Waals surface area contributed by atoms with Crippen molar-refractivity contribution in [3.8, 4) is 0 Å². The largest absolute Gasteiger partial charge is 1.00 e. The Morgan fingerprint density at radius 1 is 1.03 bits per heavy atom. The summed E-state index contributed by atoms with van der Waals surface area (Å²) in [5, 5.41) is 10.7. The van der Waals surface area contributed by atoms with Crippen molar-refractivity contribution in [1.82, 2.24) is 0 Å². The summed E-state index contributed by atoms with van der Waals surface area (Å²) < 4.78 is 5.60. The first-order valence-electron chi connectivity index (χ1n) is 14.6. The van der Waals surface area contributed by atoms with Gasteiger partial charge < -0.3 is 14.6 Å². The van der Waals surface area contributed by atoms with Gasteiger partial charge in [-0.1, -0.05) is 59.5 Å². The van der Waals surface area contributed by atoms with E-state index in [2.05, 4.69) is 34.6 Å². The minimum absolute atomic E-state index is 0.